The third kappa shape index (κ3) is 3.78. The van der Waals surface area contributed by atoms with E-state index in [9.17, 15) is 35.2 Å². The van der Waals surface area contributed by atoms with E-state index >= 15 is 0 Å². The Balaban J connectivity index is 1.57. The second-order valence-corrected chi connectivity index (χ2v) is 10.1. The number of aromatic nitrogens is 2. The molecule has 4 heterocycles. The van der Waals surface area contributed by atoms with E-state index in [2.05, 4.69) is 10.1 Å². The van der Waals surface area contributed by atoms with Gasteiger partial charge in [0.2, 0.25) is 10.0 Å². The molecule has 2 aromatic heterocycles. The molecular formula is C20H16F5N5O4S. The Bertz CT molecular complexity index is 1440. The molecule has 0 radical (unpaired) electrons. The Hall–Kier alpha value is -3.33. The van der Waals surface area contributed by atoms with E-state index in [4.69, 9.17) is 4.52 Å². The van der Waals surface area contributed by atoms with E-state index in [0.717, 1.165) is 16.1 Å². The normalized spacial score (nSPS) is 22.2. The highest BCUT2D eigenvalue weighted by atomic mass is 32.2. The number of urea groups is 1. The molecule has 0 bridgehead atoms. The van der Waals surface area contributed by atoms with Gasteiger partial charge in [0.1, 0.15) is 29.5 Å². The number of carbonyl (C=O) groups is 1. The van der Waals surface area contributed by atoms with Crippen LogP contribution in [0, 0.1) is 17.5 Å². The predicted molar refractivity (Wildman–Crippen MR) is 112 cm³/mol. The van der Waals surface area contributed by atoms with Gasteiger partial charge in [0.05, 0.1) is 17.2 Å². The molecule has 2 saturated heterocycles. The predicted octanol–water partition coefficient (Wildman–Crippen LogP) is 2.87. The first kappa shape index (κ1) is 23.4. The maximum atomic E-state index is 14.9. The van der Waals surface area contributed by atoms with Crippen molar-refractivity contribution in [1.82, 2.24) is 19.8 Å². The Morgan fingerprint density at radius 1 is 1.20 bits per heavy atom. The first-order chi connectivity index (χ1) is 16.4. The van der Waals surface area contributed by atoms with Crippen LogP contribution in [0.5, 0.6) is 0 Å². The molecule has 2 aliphatic heterocycles. The van der Waals surface area contributed by atoms with Crippen molar-refractivity contribution in [1.29, 1.82) is 0 Å². The minimum atomic E-state index is -3.99. The van der Waals surface area contributed by atoms with E-state index in [-0.39, 0.29) is 35.4 Å². The van der Waals surface area contributed by atoms with Crippen molar-refractivity contribution in [2.24, 2.45) is 0 Å². The average molecular weight is 517 g/mol. The fourth-order valence-electron chi connectivity index (χ4n) is 4.57. The van der Waals surface area contributed by atoms with Gasteiger partial charge in [-0.2, -0.15) is 0 Å². The fourth-order valence-corrected chi connectivity index (χ4v) is 5.32. The van der Waals surface area contributed by atoms with Gasteiger partial charge in [-0.25, -0.2) is 44.9 Å². The van der Waals surface area contributed by atoms with E-state index in [0.29, 0.717) is 12.1 Å². The summed E-state index contributed by atoms with van der Waals surface area (Å²) in [4.78, 5) is 19.0. The number of anilines is 1. The van der Waals surface area contributed by atoms with Crippen LogP contribution in [0.1, 0.15) is 6.42 Å². The highest BCUT2D eigenvalue weighted by Gasteiger charge is 2.60. The molecule has 0 unspecified atom stereocenters. The zero-order chi connectivity index (χ0) is 25.3. The van der Waals surface area contributed by atoms with Crippen molar-refractivity contribution >= 4 is 33.0 Å². The van der Waals surface area contributed by atoms with Crippen LogP contribution in [-0.4, -0.2) is 66.8 Å². The molecule has 2 amide bonds. The maximum absolute atomic E-state index is 14.9. The third-order valence-corrected chi connectivity index (χ3v) is 6.73. The number of hydrogen-bond acceptors (Lipinski definition) is 6. The van der Waals surface area contributed by atoms with Crippen molar-refractivity contribution in [2.75, 3.05) is 24.2 Å². The standard InChI is InChI=1S/C20H16F5N5O4S/c1-35(32,33)28-13-8-30-14(20(13,24)25)3-5-29(19(30)31)17-16-10(2-4-26-18(16)34-27-17)15-11(22)6-9(21)7-12(15)23/h2,4,6-7,13-14,28H,3,5,8H2,1H3/t13-,14-/m1/s1. The summed E-state index contributed by atoms with van der Waals surface area (Å²) in [5, 5.41) is 3.70. The van der Waals surface area contributed by atoms with Gasteiger partial charge < -0.3 is 9.42 Å². The second-order valence-electron chi connectivity index (χ2n) is 8.30. The van der Waals surface area contributed by atoms with Gasteiger partial charge >= 0.3 is 6.03 Å². The number of nitrogens with one attached hydrogen (secondary N) is 1. The zero-order valence-corrected chi connectivity index (χ0v) is 18.6. The number of alkyl halides is 2. The minimum absolute atomic E-state index is 0.0829. The number of rotatable bonds is 4. The van der Waals surface area contributed by atoms with Crippen LogP contribution in [0.15, 0.2) is 28.9 Å². The van der Waals surface area contributed by atoms with Gasteiger partial charge in [0.25, 0.3) is 11.6 Å². The molecule has 0 aliphatic carbocycles. The molecule has 15 heteroatoms. The van der Waals surface area contributed by atoms with Crippen LogP contribution in [-0.2, 0) is 10.0 Å². The van der Waals surface area contributed by atoms with Crippen LogP contribution in [0.2, 0.25) is 0 Å². The van der Waals surface area contributed by atoms with Crippen molar-refractivity contribution in [3.63, 3.8) is 0 Å². The SMILES string of the molecule is CS(=O)(=O)N[C@@H]1CN2C(=O)N(c3noc4nccc(-c5c(F)cc(F)cc5F)c34)CC[C@@H]2C1(F)F. The number of carbonyl (C=O) groups excluding carboxylic acids is 1. The lowest BCUT2D eigenvalue weighted by molar-refractivity contribution is -0.0448. The molecule has 186 valence electrons. The number of nitrogens with zero attached hydrogens (tertiary/aromatic N) is 4. The second kappa shape index (κ2) is 7.84. The highest BCUT2D eigenvalue weighted by Crippen LogP contribution is 2.43. The number of halogens is 5. The first-order valence-corrected chi connectivity index (χ1v) is 12.1. The molecule has 0 saturated carbocycles. The summed E-state index contributed by atoms with van der Waals surface area (Å²) in [7, 11) is -3.99. The molecule has 1 aromatic carbocycles. The van der Waals surface area contributed by atoms with Gasteiger partial charge in [0, 0.05) is 37.0 Å². The number of pyridine rings is 1. The minimum Gasteiger partial charge on any atom is -0.334 e. The Labute approximate surface area is 194 Å². The zero-order valence-electron chi connectivity index (χ0n) is 17.8. The van der Waals surface area contributed by atoms with Gasteiger partial charge in [-0.3, -0.25) is 4.90 Å². The monoisotopic (exact) mass is 517 g/mol. The molecule has 5 rings (SSSR count). The van der Waals surface area contributed by atoms with E-state index in [1.165, 1.54) is 12.3 Å². The smallest absolute Gasteiger partial charge is 0.326 e. The Morgan fingerprint density at radius 2 is 1.89 bits per heavy atom. The quantitative estimate of drug-likeness (QED) is 0.534. The van der Waals surface area contributed by atoms with Crippen LogP contribution < -0.4 is 9.62 Å². The van der Waals surface area contributed by atoms with Gasteiger partial charge in [0.15, 0.2) is 5.82 Å². The molecule has 2 fully saturated rings. The maximum Gasteiger partial charge on any atom is 0.326 e. The summed E-state index contributed by atoms with van der Waals surface area (Å²) < 4.78 is 102. The molecule has 35 heavy (non-hydrogen) atoms. The van der Waals surface area contributed by atoms with Crippen LogP contribution in [0.25, 0.3) is 22.2 Å². The number of benzene rings is 1. The molecule has 9 nitrogen and oxygen atoms in total. The largest absolute Gasteiger partial charge is 0.334 e. The van der Waals surface area contributed by atoms with Gasteiger partial charge in [-0.05, 0) is 12.5 Å². The summed E-state index contributed by atoms with van der Waals surface area (Å²) >= 11 is 0. The number of amides is 2. The lowest BCUT2D eigenvalue weighted by atomic mass is 10.0. The van der Waals surface area contributed by atoms with Crippen molar-refractivity contribution in [2.45, 2.75) is 24.4 Å². The molecule has 3 aromatic rings. The van der Waals surface area contributed by atoms with Crippen LogP contribution in [0.4, 0.5) is 32.6 Å². The Kier molecular flexibility index (Phi) is 5.25. The van der Waals surface area contributed by atoms with Crippen molar-refractivity contribution < 1.29 is 39.7 Å². The van der Waals surface area contributed by atoms with E-state index < -0.39 is 63.6 Å². The molecule has 0 spiro atoms. The summed E-state index contributed by atoms with van der Waals surface area (Å²) in [5.41, 5.74) is -0.950. The lowest BCUT2D eigenvalue weighted by Gasteiger charge is -2.37. The molecular weight excluding hydrogens is 501 g/mol. The van der Waals surface area contributed by atoms with E-state index in [1.807, 2.05) is 4.72 Å². The average Bonchev–Trinajstić information content (AvgIpc) is 3.27. The third-order valence-electron chi connectivity index (χ3n) is 6.01. The Morgan fingerprint density at radius 3 is 2.54 bits per heavy atom. The number of sulfonamides is 1. The number of hydrogen-bond donors (Lipinski definition) is 1. The van der Waals surface area contributed by atoms with Crippen molar-refractivity contribution in [3.8, 4) is 11.1 Å². The van der Waals surface area contributed by atoms with Crippen LogP contribution in [0.3, 0.4) is 0 Å². The molecule has 2 atom stereocenters. The summed E-state index contributed by atoms with van der Waals surface area (Å²) in [6.45, 7) is -0.881. The first-order valence-electron chi connectivity index (χ1n) is 10.2. The fraction of sp³-hybridized carbons (Fsp3) is 0.350. The lowest BCUT2D eigenvalue weighted by Crippen LogP contribution is -2.56. The summed E-state index contributed by atoms with van der Waals surface area (Å²) in [6.07, 6.45) is 1.65. The molecule has 1 N–H and O–H groups in total. The highest BCUT2D eigenvalue weighted by molar-refractivity contribution is 7.88. The topological polar surface area (TPSA) is 109 Å². The van der Waals surface area contributed by atoms with Crippen LogP contribution >= 0.6 is 0 Å². The summed E-state index contributed by atoms with van der Waals surface area (Å²) in [5.74, 6) is -7.34. The molecule has 2 aliphatic rings. The number of fused-ring (bicyclic) bond motifs is 2. The van der Waals surface area contributed by atoms with Gasteiger partial charge in [-0.1, -0.05) is 5.16 Å². The van der Waals surface area contributed by atoms with Gasteiger partial charge in [-0.15, -0.1) is 0 Å². The van der Waals surface area contributed by atoms with Crippen molar-refractivity contribution in [3.05, 3.63) is 41.8 Å². The summed E-state index contributed by atoms with van der Waals surface area (Å²) in [6, 6.07) is -2.15. The van der Waals surface area contributed by atoms with E-state index in [1.54, 1.807) is 0 Å².